The number of halogens is 2. The maximum Gasteiger partial charge on any atom is 0.250 e. The Morgan fingerprint density at radius 1 is 1.44 bits per heavy atom. The third-order valence-electron chi connectivity index (χ3n) is 2.40. The molecule has 0 radical (unpaired) electrons. The van der Waals surface area contributed by atoms with Gasteiger partial charge in [0.15, 0.2) is 0 Å². The standard InChI is InChI=1S/C11H13Cl2N3OS/c1-3-4-14-6(2)10-15-16-11(17-10)7-5-8(12)18-9(7)13/h5-6,14H,3-4H2,1-2H3. The predicted molar refractivity (Wildman–Crippen MR) is 74.3 cm³/mol. The monoisotopic (exact) mass is 305 g/mol. The number of rotatable bonds is 5. The van der Waals surface area contributed by atoms with Gasteiger partial charge in [-0.3, -0.25) is 0 Å². The average Bonchev–Trinajstić information content (AvgIpc) is 2.92. The lowest BCUT2D eigenvalue weighted by Crippen LogP contribution is -2.19. The molecule has 2 rings (SSSR count). The van der Waals surface area contributed by atoms with Crippen LogP contribution in [0.3, 0.4) is 0 Å². The van der Waals surface area contributed by atoms with Crippen molar-refractivity contribution in [3.8, 4) is 11.5 Å². The molecule has 0 aliphatic rings. The molecule has 0 bridgehead atoms. The van der Waals surface area contributed by atoms with Crippen molar-refractivity contribution in [1.82, 2.24) is 15.5 Å². The van der Waals surface area contributed by atoms with Gasteiger partial charge in [-0.2, -0.15) is 0 Å². The van der Waals surface area contributed by atoms with E-state index in [2.05, 4.69) is 22.4 Å². The molecule has 0 aliphatic carbocycles. The van der Waals surface area contributed by atoms with Crippen LogP contribution in [0, 0.1) is 0 Å². The van der Waals surface area contributed by atoms with Gasteiger partial charge in [-0.1, -0.05) is 30.1 Å². The minimum atomic E-state index is 0.0269. The quantitative estimate of drug-likeness (QED) is 0.901. The summed E-state index contributed by atoms with van der Waals surface area (Å²) in [4.78, 5) is 0. The Labute approximate surface area is 119 Å². The number of aromatic nitrogens is 2. The van der Waals surface area contributed by atoms with Crippen LogP contribution in [-0.2, 0) is 0 Å². The van der Waals surface area contributed by atoms with Crippen LogP contribution in [0.2, 0.25) is 8.67 Å². The van der Waals surface area contributed by atoms with Gasteiger partial charge in [0.2, 0.25) is 11.8 Å². The summed E-state index contributed by atoms with van der Waals surface area (Å²) in [6.45, 7) is 4.99. The summed E-state index contributed by atoms with van der Waals surface area (Å²) in [5, 5.41) is 11.3. The second-order valence-electron chi connectivity index (χ2n) is 3.86. The third kappa shape index (κ3) is 3.03. The summed E-state index contributed by atoms with van der Waals surface area (Å²) < 4.78 is 6.76. The second kappa shape index (κ2) is 6.02. The fraction of sp³-hybridized carbons (Fsp3) is 0.455. The normalized spacial score (nSPS) is 12.9. The van der Waals surface area contributed by atoms with Gasteiger partial charge in [-0.05, 0) is 26.0 Å². The Bertz CT molecular complexity index is 526. The SMILES string of the molecule is CCCNC(C)c1nnc(-c2cc(Cl)sc2Cl)o1. The Hall–Kier alpha value is -0.620. The molecule has 2 aromatic rings. The van der Waals surface area contributed by atoms with Crippen molar-refractivity contribution < 1.29 is 4.42 Å². The van der Waals surface area contributed by atoms with Gasteiger partial charge in [-0.25, -0.2) is 0 Å². The summed E-state index contributed by atoms with van der Waals surface area (Å²) in [7, 11) is 0. The minimum absolute atomic E-state index is 0.0269. The van der Waals surface area contributed by atoms with Gasteiger partial charge in [0.25, 0.3) is 0 Å². The molecule has 2 aromatic heterocycles. The molecule has 0 amide bonds. The first-order valence-corrected chi connectivity index (χ1v) is 7.21. The first-order valence-electron chi connectivity index (χ1n) is 5.63. The van der Waals surface area contributed by atoms with Crippen LogP contribution >= 0.6 is 34.5 Å². The Morgan fingerprint density at radius 3 is 2.83 bits per heavy atom. The summed E-state index contributed by atoms with van der Waals surface area (Å²) in [6, 6.07) is 1.76. The lowest BCUT2D eigenvalue weighted by atomic mass is 10.3. The molecule has 98 valence electrons. The van der Waals surface area contributed by atoms with E-state index >= 15 is 0 Å². The van der Waals surface area contributed by atoms with E-state index in [1.807, 2.05) is 6.92 Å². The molecule has 0 aliphatic heterocycles. The van der Waals surface area contributed by atoms with Crippen molar-refractivity contribution in [1.29, 1.82) is 0 Å². The van der Waals surface area contributed by atoms with Crippen molar-refractivity contribution in [2.75, 3.05) is 6.54 Å². The number of hydrogen-bond acceptors (Lipinski definition) is 5. The van der Waals surface area contributed by atoms with Crippen LogP contribution in [-0.4, -0.2) is 16.7 Å². The van der Waals surface area contributed by atoms with Crippen molar-refractivity contribution in [2.45, 2.75) is 26.3 Å². The van der Waals surface area contributed by atoms with Crippen molar-refractivity contribution in [3.05, 3.63) is 20.6 Å². The lowest BCUT2D eigenvalue weighted by molar-refractivity contribution is 0.423. The molecule has 1 N–H and O–H groups in total. The topological polar surface area (TPSA) is 51.0 Å². The summed E-state index contributed by atoms with van der Waals surface area (Å²) in [5.74, 6) is 0.958. The number of hydrogen-bond donors (Lipinski definition) is 1. The molecule has 4 nitrogen and oxygen atoms in total. The molecule has 18 heavy (non-hydrogen) atoms. The number of nitrogens with one attached hydrogen (secondary N) is 1. The first kappa shape index (κ1) is 13.8. The smallest absolute Gasteiger partial charge is 0.250 e. The third-order valence-corrected chi connectivity index (χ3v) is 3.89. The molecule has 7 heteroatoms. The molecular weight excluding hydrogens is 293 g/mol. The molecule has 0 saturated heterocycles. The maximum absolute atomic E-state index is 6.04. The fourth-order valence-electron chi connectivity index (χ4n) is 1.45. The fourth-order valence-corrected chi connectivity index (χ4v) is 2.90. The van der Waals surface area contributed by atoms with Gasteiger partial charge in [0.05, 0.1) is 15.9 Å². The zero-order valence-electron chi connectivity index (χ0n) is 10.0. The van der Waals surface area contributed by atoms with Gasteiger partial charge in [0, 0.05) is 0 Å². The van der Waals surface area contributed by atoms with Crippen molar-refractivity contribution in [3.63, 3.8) is 0 Å². The molecule has 0 fully saturated rings. The zero-order valence-corrected chi connectivity index (χ0v) is 12.4. The zero-order chi connectivity index (χ0) is 13.1. The van der Waals surface area contributed by atoms with Crippen LogP contribution < -0.4 is 5.32 Å². The molecule has 0 saturated carbocycles. The van der Waals surface area contributed by atoms with E-state index in [0.29, 0.717) is 26.0 Å². The first-order chi connectivity index (χ1) is 8.61. The minimum Gasteiger partial charge on any atom is -0.419 e. The van der Waals surface area contributed by atoms with Crippen molar-refractivity contribution >= 4 is 34.5 Å². The van der Waals surface area contributed by atoms with E-state index in [1.54, 1.807) is 6.07 Å². The van der Waals surface area contributed by atoms with Crippen LogP contribution in [0.5, 0.6) is 0 Å². The highest BCUT2D eigenvalue weighted by Gasteiger charge is 2.17. The van der Waals surface area contributed by atoms with Gasteiger partial charge < -0.3 is 9.73 Å². The lowest BCUT2D eigenvalue weighted by Gasteiger charge is -2.07. The Kier molecular flexibility index (Phi) is 4.61. The largest absolute Gasteiger partial charge is 0.419 e. The Morgan fingerprint density at radius 2 is 2.22 bits per heavy atom. The highest BCUT2D eigenvalue weighted by atomic mass is 35.5. The number of nitrogens with zero attached hydrogens (tertiary/aromatic N) is 2. The summed E-state index contributed by atoms with van der Waals surface area (Å²) >= 11 is 13.2. The summed E-state index contributed by atoms with van der Waals surface area (Å²) in [6.07, 6.45) is 1.05. The molecule has 1 atom stereocenters. The Balaban J connectivity index is 2.17. The number of thiophene rings is 1. The summed E-state index contributed by atoms with van der Waals surface area (Å²) in [5.41, 5.74) is 0.688. The van der Waals surface area contributed by atoms with E-state index in [1.165, 1.54) is 11.3 Å². The molecule has 0 aromatic carbocycles. The van der Waals surface area contributed by atoms with Crippen LogP contribution in [0.25, 0.3) is 11.5 Å². The predicted octanol–water partition coefficient (Wildman–Crippen LogP) is 4.17. The highest BCUT2D eigenvalue weighted by Crippen LogP contribution is 2.37. The maximum atomic E-state index is 6.04. The van der Waals surface area contributed by atoms with Gasteiger partial charge in [0.1, 0.15) is 4.34 Å². The molecule has 0 spiro atoms. The van der Waals surface area contributed by atoms with Crippen LogP contribution in [0.15, 0.2) is 10.5 Å². The average molecular weight is 306 g/mol. The van der Waals surface area contributed by atoms with Gasteiger partial charge >= 0.3 is 0 Å². The molecule has 1 unspecified atom stereocenters. The van der Waals surface area contributed by atoms with E-state index in [4.69, 9.17) is 27.6 Å². The van der Waals surface area contributed by atoms with Crippen LogP contribution in [0.4, 0.5) is 0 Å². The molecule has 2 heterocycles. The van der Waals surface area contributed by atoms with Crippen molar-refractivity contribution in [2.24, 2.45) is 0 Å². The highest BCUT2D eigenvalue weighted by molar-refractivity contribution is 7.20. The van der Waals surface area contributed by atoms with E-state index in [0.717, 1.165) is 13.0 Å². The molecular formula is C11H13Cl2N3OS. The van der Waals surface area contributed by atoms with Crippen LogP contribution in [0.1, 0.15) is 32.2 Å². The second-order valence-corrected chi connectivity index (χ2v) is 6.14. The van der Waals surface area contributed by atoms with E-state index in [9.17, 15) is 0 Å². The van der Waals surface area contributed by atoms with E-state index in [-0.39, 0.29) is 6.04 Å². The van der Waals surface area contributed by atoms with Gasteiger partial charge in [-0.15, -0.1) is 21.5 Å². The van der Waals surface area contributed by atoms with E-state index < -0.39 is 0 Å².